The zero-order valence-corrected chi connectivity index (χ0v) is 16.2. The van der Waals surface area contributed by atoms with Crippen molar-refractivity contribution >= 4 is 66.6 Å². The molecule has 0 fully saturated rings. The summed E-state index contributed by atoms with van der Waals surface area (Å²) in [7, 11) is 0. The van der Waals surface area contributed by atoms with Crippen molar-refractivity contribution in [2.45, 2.75) is 11.5 Å². The molecule has 2 aromatic heterocycles. The van der Waals surface area contributed by atoms with Crippen molar-refractivity contribution in [2.75, 3.05) is 11.5 Å². The molecule has 0 aliphatic rings. The quantitative estimate of drug-likeness (QED) is 0.359. The van der Waals surface area contributed by atoms with Crippen molar-refractivity contribution in [1.29, 1.82) is 0 Å². The zero-order valence-electron chi connectivity index (χ0n) is 13.0. The van der Waals surface area contributed by atoms with Gasteiger partial charge in [-0.25, -0.2) is 9.97 Å². The number of thiazole rings is 2. The fraction of sp³-hybridized carbons (Fsp3) is 0.222. The Morgan fingerprint density at radius 2 is 1.12 bits per heavy atom. The molecule has 4 rings (SSSR count). The maximum Gasteiger partial charge on any atom is 0.104 e. The van der Waals surface area contributed by atoms with E-state index in [1.54, 1.807) is 0 Å². The molecule has 0 aliphatic heterocycles. The number of rotatable bonds is 7. The van der Waals surface area contributed by atoms with Crippen LogP contribution in [0.25, 0.3) is 20.4 Å². The third-order valence-corrected chi connectivity index (χ3v) is 8.14. The molecule has 0 saturated heterocycles. The summed E-state index contributed by atoms with van der Waals surface area (Å²) in [5, 5.41) is 2.47. The van der Waals surface area contributed by atoms with E-state index in [0.29, 0.717) is 0 Å². The van der Waals surface area contributed by atoms with Gasteiger partial charge in [0.05, 0.1) is 20.4 Å². The first kappa shape index (κ1) is 16.4. The smallest absolute Gasteiger partial charge is 0.104 e. The summed E-state index contributed by atoms with van der Waals surface area (Å²) in [4.78, 5) is 9.37. The fourth-order valence-electron chi connectivity index (χ4n) is 2.40. The van der Waals surface area contributed by atoms with Crippen LogP contribution >= 0.6 is 46.2 Å². The molecule has 0 aliphatic carbocycles. The summed E-state index contributed by atoms with van der Waals surface area (Å²) in [6.45, 7) is 0. The van der Waals surface area contributed by atoms with Crippen molar-refractivity contribution in [3.63, 3.8) is 0 Å². The van der Waals surface area contributed by atoms with Gasteiger partial charge in [-0.05, 0) is 24.3 Å². The Bertz CT molecular complexity index is 800. The summed E-state index contributed by atoms with van der Waals surface area (Å²) >= 11 is 7.57. The molecule has 0 radical (unpaired) electrons. The minimum absolute atomic E-state index is 1.01. The average Bonchev–Trinajstić information content (AvgIpc) is 3.20. The molecule has 0 saturated carbocycles. The van der Waals surface area contributed by atoms with Gasteiger partial charge in [-0.15, -0.1) is 22.7 Å². The Hall–Kier alpha value is -1.08. The maximum atomic E-state index is 4.68. The minimum Gasteiger partial charge on any atom is -0.240 e. The first-order valence-electron chi connectivity index (χ1n) is 7.73. The van der Waals surface area contributed by atoms with Crippen molar-refractivity contribution in [1.82, 2.24) is 9.97 Å². The lowest BCUT2D eigenvalue weighted by Gasteiger charge is -1.99. The Morgan fingerprint density at radius 1 is 0.667 bits per heavy atom. The van der Waals surface area contributed by atoms with Crippen LogP contribution in [0.15, 0.2) is 48.5 Å². The highest BCUT2D eigenvalue weighted by molar-refractivity contribution is 8.02. The van der Waals surface area contributed by atoms with E-state index >= 15 is 0 Å². The monoisotopic (exact) mass is 388 g/mol. The third-order valence-electron chi connectivity index (χ3n) is 3.50. The number of benzene rings is 2. The Labute approximate surface area is 157 Å². The van der Waals surface area contributed by atoms with Gasteiger partial charge in [-0.3, -0.25) is 0 Å². The summed E-state index contributed by atoms with van der Waals surface area (Å²) in [6.07, 6.45) is 0. The molecule has 4 aromatic rings. The molecule has 0 amide bonds. The molecule has 2 aromatic carbocycles. The number of hydrogen-bond donors (Lipinski definition) is 0. The highest BCUT2D eigenvalue weighted by Crippen LogP contribution is 2.27. The Morgan fingerprint density at radius 3 is 1.58 bits per heavy atom. The first-order chi connectivity index (χ1) is 11.9. The number of aromatic nitrogens is 2. The second-order valence-electron chi connectivity index (χ2n) is 5.26. The largest absolute Gasteiger partial charge is 0.240 e. The molecule has 6 heteroatoms. The van der Waals surface area contributed by atoms with Gasteiger partial charge < -0.3 is 0 Å². The molecule has 0 bridgehead atoms. The lowest BCUT2D eigenvalue weighted by Crippen LogP contribution is -1.87. The van der Waals surface area contributed by atoms with Crippen molar-refractivity contribution < 1.29 is 0 Å². The van der Waals surface area contributed by atoms with Crippen molar-refractivity contribution in [3.05, 3.63) is 58.5 Å². The zero-order chi connectivity index (χ0) is 16.2. The molecule has 122 valence electrons. The fourth-order valence-corrected chi connectivity index (χ4v) is 6.61. The lowest BCUT2D eigenvalue weighted by molar-refractivity contribution is 1.30. The van der Waals surface area contributed by atoms with E-state index in [1.807, 2.05) is 46.2 Å². The Kier molecular flexibility index (Phi) is 5.37. The van der Waals surface area contributed by atoms with Crippen LogP contribution in [-0.2, 0) is 11.5 Å². The number of hydrogen-bond acceptors (Lipinski definition) is 6. The van der Waals surface area contributed by atoms with Crippen LogP contribution in [0.3, 0.4) is 0 Å². The Balaban J connectivity index is 1.20. The summed E-state index contributed by atoms with van der Waals surface area (Å²) in [5.74, 6) is 4.35. The topological polar surface area (TPSA) is 25.8 Å². The SMILES string of the molecule is c1ccc2sc(CSCCSCc3nc4ccccc4s3)nc2c1. The van der Waals surface area contributed by atoms with Crippen LogP contribution in [-0.4, -0.2) is 21.5 Å². The van der Waals surface area contributed by atoms with Gasteiger partial charge in [0, 0.05) is 23.0 Å². The van der Waals surface area contributed by atoms with E-state index in [-0.39, 0.29) is 0 Å². The summed E-state index contributed by atoms with van der Waals surface area (Å²) in [5.41, 5.74) is 2.26. The maximum absolute atomic E-state index is 4.68. The number of thioether (sulfide) groups is 2. The van der Waals surface area contributed by atoms with Gasteiger partial charge >= 0.3 is 0 Å². The van der Waals surface area contributed by atoms with E-state index in [0.717, 1.165) is 34.0 Å². The predicted octanol–water partition coefficient (Wildman–Crippen LogP) is 6.07. The standard InChI is InChI=1S/C18H16N2S4/c1-3-7-15-13(5-1)19-17(23-15)11-21-9-10-22-12-18-20-14-6-2-4-8-16(14)24-18/h1-8H,9-12H2. The van der Waals surface area contributed by atoms with Gasteiger partial charge in [0.15, 0.2) is 0 Å². The highest BCUT2D eigenvalue weighted by atomic mass is 32.2. The van der Waals surface area contributed by atoms with Crippen LogP contribution in [0.2, 0.25) is 0 Å². The van der Waals surface area contributed by atoms with Gasteiger partial charge in [-0.1, -0.05) is 24.3 Å². The first-order valence-corrected chi connectivity index (χ1v) is 11.7. The highest BCUT2D eigenvalue weighted by Gasteiger charge is 2.04. The lowest BCUT2D eigenvalue weighted by atomic mass is 10.3. The normalized spacial score (nSPS) is 11.5. The van der Waals surface area contributed by atoms with E-state index in [9.17, 15) is 0 Å². The van der Waals surface area contributed by atoms with Crippen molar-refractivity contribution in [2.24, 2.45) is 0 Å². The molecule has 0 unspecified atom stereocenters. The second kappa shape index (κ2) is 7.87. The number of fused-ring (bicyclic) bond motifs is 2. The van der Waals surface area contributed by atoms with Gasteiger partial charge in [0.25, 0.3) is 0 Å². The third kappa shape index (κ3) is 3.94. The molecule has 2 nitrogen and oxygen atoms in total. The van der Waals surface area contributed by atoms with Crippen LogP contribution in [0.4, 0.5) is 0 Å². The van der Waals surface area contributed by atoms with Crippen LogP contribution in [0.1, 0.15) is 10.0 Å². The molecule has 0 spiro atoms. The van der Waals surface area contributed by atoms with Gasteiger partial charge in [0.1, 0.15) is 10.0 Å². The summed E-state index contributed by atoms with van der Waals surface area (Å²) < 4.78 is 2.58. The molecule has 24 heavy (non-hydrogen) atoms. The van der Waals surface area contributed by atoms with Gasteiger partial charge in [0.2, 0.25) is 0 Å². The van der Waals surface area contributed by atoms with Crippen LogP contribution in [0.5, 0.6) is 0 Å². The van der Waals surface area contributed by atoms with E-state index in [4.69, 9.17) is 0 Å². The average molecular weight is 389 g/mol. The summed E-state index contributed by atoms with van der Waals surface area (Å²) in [6, 6.07) is 16.7. The van der Waals surface area contributed by atoms with E-state index in [2.05, 4.69) is 58.5 Å². The minimum atomic E-state index is 1.01. The molecule has 0 atom stereocenters. The van der Waals surface area contributed by atoms with Crippen LogP contribution < -0.4 is 0 Å². The second-order valence-corrected chi connectivity index (χ2v) is 9.70. The molecular weight excluding hydrogens is 372 g/mol. The number of para-hydroxylation sites is 2. The van der Waals surface area contributed by atoms with Gasteiger partial charge in [-0.2, -0.15) is 23.5 Å². The number of nitrogens with zero attached hydrogens (tertiary/aromatic N) is 2. The molecule has 2 heterocycles. The van der Waals surface area contributed by atoms with Crippen LogP contribution in [0, 0.1) is 0 Å². The van der Waals surface area contributed by atoms with E-state index in [1.165, 1.54) is 19.4 Å². The molecule has 0 N–H and O–H groups in total. The molecular formula is C18H16N2S4. The van der Waals surface area contributed by atoms with Crippen molar-refractivity contribution in [3.8, 4) is 0 Å². The van der Waals surface area contributed by atoms with E-state index < -0.39 is 0 Å². The predicted molar refractivity (Wildman–Crippen MR) is 112 cm³/mol.